The van der Waals surface area contributed by atoms with E-state index in [0.717, 1.165) is 12.3 Å². The van der Waals surface area contributed by atoms with Crippen LogP contribution in [0.5, 0.6) is 0 Å². The number of aromatic nitrogens is 2. The van der Waals surface area contributed by atoms with Crippen LogP contribution >= 0.6 is 0 Å². The van der Waals surface area contributed by atoms with Gasteiger partial charge in [-0.15, -0.1) is 0 Å². The van der Waals surface area contributed by atoms with Crippen molar-refractivity contribution in [2.45, 2.75) is 6.92 Å². The van der Waals surface area contributed by atoms with Gasteiger partial charge in [0.1, 0.15) is 22.8 Å². The number of rotatable bonds is 4. The van der Waals surface area contributed by atoms with Crippen LogP contribution in [0.15, 0.2) is 52.3 Å². The van der Waals surface area contributed by atoms with Gasteiger partial charge >= 0.3 is 5.97 Å². The fourth-order valence-corrected chi connectivity index (χ4v) is 3.29. The lowest BCUT2D eigenvalue weighted by molar-refractivity contribution is 0.0524. The highest BCUT2D eigenvalue weighted by atomic mass is 19.1. The average molecular weight is 439 g/mol. The van der Waals surface area contributed by atoms with E-state index in [0.29, 0.717) is 11.6 Å². The third-order valence-corrected chi connectivity index (χ3v) is 4.78. The number of amides is 1. The molecule has 0 atom stereocenters. The van der Waals surface area contributed by atoms with Gasteiger partial charge in [-0.2, -0.15) is 0 Å². The summed E-state index contributed by atoms with van der Waals surface area (Å²) >= 11 is 0. The second-order valence-corrected chi connectivity index (χ2v) is 6.81. The number of ether oxygens (including phenoxy) is 1. The zero-order chi connectivity index (χ0) is 23.0. The van der Waals surface area contributed by atoms with Crippen molar-refractivity contribution in [3.05, 3.63) is 85.9 Å². The highest BCUT2D eigenvalue weighted by Crippen LogP contribution is 2.18. The first kappa shape index (κ1) is 20.9. The number of hydrogen-bond acceptors (Lipinski definition) is 5. The van der Waals surface area contributed by atoms with Crippen LogP contribution in [0, 0.1) is 11.6 Å². The van der Waals surface area contributed by atoms with Crippen molar-refractivity contribution < 1.29 is 23.1 Å². The van der Waals surface area contributed by atoms with Gasteiger partial charge in [-0.25, -0.2) is 13.6 Å². The molecule has 4 aromatic rings. The van der Waals surface area contributed by atoms with Crippen LogP contribution in [0.1, 0.15) is 27.6 Å². The maximum absolute atomic E-state index is 14.1. The summed E-state index contributed by atoms with van der Waals surface area (Å²) in [6, 6.07) is 5.81. The minimum absolute atomic E-state index is 0.0900. The molecule has 0 radical (unpaired) electrons. The Labute approximate surface area is 177 Å². The average Bonchev–Trinajstić information content (AvgIpc) is 2.74. The van der Waals surface area contributed by atoms with Crippen molar-refractivity contribution in [1.82, 2.24) is 9.97 Å². The fourth-order valence-electron chi connectivity index (χ4n) is 3.29. The van der Waals surface area contributed by atoms with Crippen molar-refractivity contribution >= 4 is 39.4 Å². The molecule has 8 nitrogen and oxygen atoms in total. The Morgan fingerprint density at radius 3 is 2.44 bits per heavy atom. The number of pyridine rings is 2. The van der Waals surface area contributed by atoms with Crippen LogP contribution in [0.3, 0.4) is 0 Å². The Hall–Kier alpha value is -4.34. The molecule has 2 aromatic carbocycles. The maximum Gasteiger partial charge on any atom is 0.343 e. The van der Waals surface area contributed by atoms with Crippen LogP contribution in [0.2, 0.25) is 0 Å². The minimum Gasteiger partial charge on any atom is -0.462 e. The SMILES string of the molecule is CCOC(=O)c1c[nH]c2ccc(NC(=O)c3c[nH]c4cc(F)cc(F)c4c3=O)cc2c1=O. The summed E-state index contributed by atoms with van der Waals surface area (Å²) in [4.78, 5) is 55.2. The minimum atomic E-state index is -1.10. The van der Waals surface area contributed by atoms with Gasteiger partial charge < -0.3 is 20.0 Å². The summed E-state index contributed by atoms with van der Waals surface area (Å²) in [5.41, 5.74) is -1.64. The number of anilines is 1. The molecule has 0 aliphatic carbocycles. The molecule has 0 spiro atoms. The molecule has 0 unspecified atom stereocenters. The zero-order valence-corrected chi connectivity index (χ0v) is 16.5. The standard InChI is InChI=1S/C22H15F2N3O5/c1-2-32-22(31)14-9-25-16-4-3-11(7-12(16)19(14)28)27-21(30)13-8-26-17-6-10(23)5-15(24)18(17)20(13)29/h3-9H,2H2,1H3,(H,25,28)(H,26,29)(H,27,30). The zero-order valence-electron chi connectivity index (χ0n) is 16.5. The topological polar surface area (TPSA) is 121 Å². The molecule has 3 N–H and O–H groups in total. The second-order valence-electron chi connectivity index (χ2n) is 6.81. The van der Waals surface area contributed by atoms with E-state index in [2.05, 4.69) is 15.3 Å². The number of esters is 1. The molecule has 0 aliphatic rings. The van der Waals surface area contributed by atoms with Crippen LogP contribution in [-0.4, -0.2) is 28.5 Å². The van der Waals surface area contributed by atoms with Crippen molar-refractivity contribution in [2.75, 3.05) is 11.9 Å². The number of carbonyl (C=O) groups is 2. The predicted octanol–water partition coefficient (Wildman–Crippen LogP) is 3.08. The summed E-state index contributed by atoms with van der Waals surface area (Å²) in [6.07, 6.45) is 2.29. The number of nitrogens with one attached hydrogen (secondary N) is 3. The molecule has 2 heterocycles. The summed E-state index contributed by atoms with van der Waals surface area (Å²) in [7, 11) is 0. The van der Waals surface area contributed by atoms with E-state index in [1.807, 2.05) is 0 Å². The Kier molecular flexibility index (Phi) is 5.27. The van der Waals surface area contributed by atoms with E-state index in [1.165, 1.54) is 24.4 Å². The lowest BCUT2D eigenvalue weighted by atomic mass is 10.1. The smallest absolute Gasteiger partial charge is 0.343 e. The normalized spacial score (nSPS) is 11.0. The maximum atomic E-state index is 14.1. The molecule has 32 heavy (non-hydrogen) atoms. The lowest BCUT2D eigenvalue weighted by Gasteiger charge is -2.08. The first-order chi connectivity index (χ1) is 15.3. The molecule has 0 aliphatic heterocycles. The largest absolute Gasteiger partial charge is 0.462 e. The molecule has 0 fully saturated rings. The summed E-state index contributed by atoms with van der Waals surface area (Å²) in [5.74, 6) is -3.62. The number of aromatic amines is 2. The van der Waals surface area contributed by atoms with Gasteiger partial charge in [0.2, 0.25) is 10.9 Å². The van der Waals surface area contributed by atoms with Gasteiger partial charge in [0.05, 0.1) is 17.5 Å². The highest BCUT2D eigenvalue weighted by molar-refractivity contribution is 6.06. The van der Waals surface area contributed by atoms with Gasteiger partial charge in [0.25, 0.3) is 5.91 Å². The molecule has 0 saturated heterocycles. The van der Waals surface area contributed by atoms with Crippen molar-refractivity contribution in [2.24, 2.45) is 0 Å². The van der Waals surface area contributed by atoms with Crippen molar-refractivity contribution in [1.29, 1.82) is 0 Å². The lowest BCUT2D eigenvalue weighted by Crippen LogP contribution is -2.23. The predicted molar refractivity (Wildman–Crippen MR) is 113 cm³/mol. The Morgan fingerprint density at radius 2 is 1.69 bits per heavy atom. The van der Waals surface area contributed by atoms with Gasteiger partial charge in [-0.1, -0.05) is 0 Å². The van der Waals surface area contributed by atoms with E-state index in [9.17, 15) is 28.0 Å². The van der Waals surface area contributed by atoms with Crippen LogP contribution in [-0.2, 0) is 4.74 Å². The number of hydrogen-bond donors (Lipinski definition) is 3. The van der Waals surface area contributed by atoms with Crippen molar-refractivity contribution in [3.63, 3.8) is 0 Å². The number of benzene rings is 2. The second kappa shape index (κ2) is 8.06. The first-order valence-corrected chi connectivity index (χ1v) is 9.44. The van der Waals surface area contributed by atoms with E-state index >= 15 is 0 Å². The monoisotopic (exact) mass is 439 g/mol. The van der Waals surface area contributed by atoms with E-state index in [-0.39, 0.29) is 28.8 Å². The molecule has 10 heteroatoms. The van der Waals surface area contributed by atoms with Gasteiger partial charge in [-0.05, 0) is 31.2 Å². The van der Waals surface area contributed by atoms with Crippen molar-refractivity contribution in [3.8, 4) is 0 Å². The van der Waals surface area contributed by atoms with Gasteiger partial charge in [0, 0.05) is 35.1 Å². The van der Waals surface area contributed by atoms with E-state index in [4.69, 9.17) is 4.74 Å². The molecule has 4 rings (SSSR count). The molecule has 2 aromatic heterocycles. The summed E-state index contributed by atoms with van der Waals surface area (Å²) in [5, 5.41) is 2.13. The van der Waals surface area contributed by atoms with Crippen LogP contribution in [0.25, 0.3) is 21.8 Å². The van der Waals surface area contributed by atoms with Gasteiger partial charge in [0.15, 0.2) is 0 Å². The summed E-state index contributed by atoms with van der Waals surface area (Å²) < 4.78 is 32.3. The number of fused-ring (bicyclic) bond motifs is 2. The Bertz CT molecular complexity index is 1520. The van der Waals surface area contributed by atoms with E-state index < -0.39 is 45.3 Å². The molecule has 0 bridgehead atoms. The number of halogens is 2. The highest BCUT2D eigenvalue weighted by Gasteiger charge is 2.18. The number of H-pyrrole nitrogens is 2. The third kappa shape index (κ3) is 3.62. The van der Waals surface area contributed by atoms with Gasteiger partial charge in [-0.3, -0.25) is 14.4 Å². The Balaban J connectivity index is 1.72. The molecule has 1 amide bonds. The molecule has 0 saturated carbocycles. The molecular formula is C22H15F2N3O5. The molecule has 162 valence electrons. The summed E-state index contributed by atoms with van der Waals surface area (Å²) in [6.45, 7) is 1.71. The van der Waals surface area contributed by atoms with E-state index in [1.54, 1.807) is 6.92 Å². The first-order valence-electron chi connectivity index (χ1n) is 9.44. The Morgan fingerprint density at radius 1 is 0.969 bits per heavy atom. The van der Waals surface area contributed by atoms with Crippen LogP contribution < -0.4 is 16.2 Å². The third-order valence-electron chi connectivity index (χ3n) is 4.78. The number of carbonyl (C=O) groups excluding carboxylic acids is 2. The quantitative estimate of drug-likeness (QED) is 0.422. The van der Waals surface area contributed by atoms with Crippen LogP contribution in [0.4, 0.5) is 14.5 Å². The molecular weight excluding hydrogens is 424 g/mol. The fraction of sp³-hybridized carbons (Fsp3) is 0.0909.